The van der Waals surface area contributed by atoms with Gasteiger partial charge >= 0.3 is 0 Å². The number of anilines is 1. The molecule has 2 heterocycles. The Morgan fingerprint density at radius 2 is 1.72 bits per heavy atom. The summed E-state index contributed by atoms with van der Waals surface area (Å²) in [6.07, 6.45) is 2.05. The molecule has 32 heavy (non-hydrogen) atoms. The number of nitrogens with one attached hydrogen (secondary N) is 1. The van der Waals surface area contributed by atoms with Crippen LogP contribution >= 0.6 is 23.3 Å². The molecule has 3 aromatic rings. The molecule has 0 unspecified atom stereocenters. The van der Waals surface area contributed by atoms with Crippen molar-refractivity contribution in [2.45, 2.75) is 16.2 Å². The van der Waals surface area contributed by atoms with Crippen molar-refractivity contribution in [2.75, 3.05) is 37.3 Å². The van der Waals surface area contributed by atoms with Crippen LogP contribution < -0.4 is 4.72 Å². The van der Waals surface area contributed by atoms with Crippen LogP contribution in [-0.4, -0.2) is 61.1 Å². The quantitative estimate of drug-likeness (QED) is 0.508. The molecule has 0 aliphatic carbocycles. The molecule has 8 nitrogen and oxygen atoms in total. The van der Waals surface area contributed by atoms with Crippen LogP contribution in [-0.2, 0) is 26.0 Å². The van der Waals surface area contributed by atoms with Crippen molar-refractivity contribution in [3.63, 3.8) is 0 Å². The van der Waals surface area contributed by atoms with E-state index in [-0.39, 0.29) is 22.4 Å². The van der Waals surface area contributed by atoms with Crippen molar-refractivity contribution in [1.29, 1.82) is 0 Å². The van der Waals surface area contributed by atoms with Crippen LogP contribution in [0.5, 0.6) is 0 Å². The Hall–Kier alpha value is -2.47. The minimum atomic E-state index is -3.82. The van der Waals surface area contributed by atoms with E-state index in [0.29, 0.717) is 32.1 Å². The first-order valence-electron chi connectivity index (χ1n) is 9.90. The largest absolute Gasteiger partial charge is 0.378 e. The molecule has 0 radical (unpaired) electrons. The second-order valence-electron chi connectivity index (χ2n) is 7.04. The molecule has 0 saturated carbocycles. The Labute approximate surface area is 195 Å². The Morgan fingerprint density at radius 3 is 2.34 bits per heavy atom. The normalized spacial score (nSPS) is 14.3. The maximum absolute atomic E-state index is 12.7. The van der Waals surface area contributed by atoms with Gasteiger partial charge in [0.1, 0.15) is 0 Å². The molecular formula is C21H22N4O4S3. The van der Waals surface area contributed by atoms with Crippen molar-refractivity contribution >= 4 is 44.4 Å². The first kappa shape index (κ1) is 22.7. The van der Waals surface area contributed by atoms with Crippen LogP contribution in [0.4, 0.5) is 5.13 Å². The predicted molar refractivity (Wildman–Crippen MR) is 125 cm³/mol. The Balaban J connectivity index is 1.41. The average molecular weight is 491 g/mol. The summed E-state index contributed by atoms with van der Waals surface area (Å²) in [4.78, 5) is 19.5. The van der Waals surface area contributed by atoms with E-state index in [0.717, 1.165) is 22.7 Å². The number of hydrogen-bond acceptors (Lipinski definition) is 8. The first-order chi connectivity index (χ1) is 15.4. The van der Waals surface area contributed by atoms with Gasteiger partial charge in [0.15, 0.2) is 5.82 Å². The molecule has 1 N–H and O–H groups in total. The van der Waals surface area contributed by atoms with E-state index in [1.165, 1.54) is 4.90 Å². The van der Waals surface area contributed by atoms with Crippen LogP contribution in [0, 0.1) is 0 Å². The van der Waals surface area contributed by atoms with Gasteiger partial charge < -0.3 is 9.64 Å². The summed E-state index contributed by atoms with van der Waals surface area (Å²) in [5.74, 6) is 0.204. The highest BCUT2D eigenvalue weighted by atomic mass is 32.2. The molecule has 0 spiro atoms. The van der Waals surface area contributed by atoms with E-state index in [2.05, 4.69) is 14.1 Å². The van der Waals surface area contributed by atoms with Crippen LogP contribution in [0.3, 0.4) is 0 Å². The third kappa shape index (κ3) is 5.47. The topological polar surface area (TPSA) is 101 Å². The molecule has 1 aromatic heterocycles. The van der Waals surface area contributed by atoms with E-state index in [9.17, 15) is 13.2 Å². The van der Waals surface area contributed by atoms with Gasteiger partial charge in [-0.1, -0.05) is 24.3 Å². The third-order valence-corrected chi connectivity index (χ3v) is 7.85. The Morgan fingerprint density at radius 1 is 1.09 bits per heavy atom. The summed E-state index contributed by atoms with van der Waals surface area (Å²) in [6, 6.07) is 14.7. The lowest BCUT2D eigenvalue weighted by atomic mass is 10.1. The highest BCUT2D eigenvalue weighted by Crippen LogP contribution is 2.25. The van der Waals surface area contributed by atoms with Gasteiger partial charge in [0, 0.05) is 29.5 Å². The molecule has 0 atom stereocenters. The zero-order valence-corrected chi connectivity index (χ0v) is 19.8. The number of carbonyl (C=O) groups excluding carboxylic acids is 1. The fourth-order valence-electron chi connectivity index (χ4n) is 3.21. The number of aromatic nitrogens is 2. The SMILES string of the molecule is CSc1ccc(-c2ccc(S(=O)(=O)Nc3nc(CC(=O)N4CCOCC4)ns3)cc2)cc1. The van der Waals surface area contributed by atoms with Crippen molar-refractivity contribution in [3.05, 3.63) is 54.4 Å². The molecular weight excluding hydrogens is 468 g/mol. The van der Waals surface area contributed by atoms with Crippen molar-refractivity contribution < 1.29 is 17.9 Å². The number of nitrogens with zero attached hydrogens (tertiary/aromatic N) is 3. The first-order valence-corrected chi connectivity index (χ1v) is 13.4. The number of benzene rings is 2. The number of sulfonamides is 1. The standard InChI is InChI=1S/C21H22N4O4S3/c1-30-17-6-2-15(3-7-17)16-4-8-18(9-5-16)32(27,28)24-21-22-19(23-31-21)14-20(26)25-10-12-29-13-11-25/h2-9H,10-14H2,1H3,(H,22,23,24). The molecule has 1 aliphatic heterocycles. The number of morpholine rings is 1. The molecule has 2 aromatic carbocycles. The van der Waals surface area contributed by atoms with Gasteiger partial charge in [-0.3, -0.25) is 9.52 Å². The molecule has 11 heteroatoms. The molecule has 1 amide bonds. The smallest absolute Gasteiger partial charge is 0.263 e. The average Bonchev–Trinajstić information content (AvgIpc) is 3.25. The highest BCUT2D eigenvalue weighted by molar-refractivity contribution is 7.98. The molecule has 1 fully saturated rings. The third-order valence-electron chi connectivity index (χ3n) is 4.95. The molecule has 1 aliphatic rings. The van der Waals surface area contributed by atoms with Crippen LogP contribution in [0.15, 0.2) is 58.3 Å². The fourth-order valence-corrected chi connectivity index (χ4v) is 5.43. The Kier molecular flexibility index (Phi) is 7.09. The fraction of sp³-hybridized carbons (Fsp3) is 0.286. The van der Waals surface area contributed by atoms with Gasteiger partial charge in [-0.15, -0.1) is 11.8 Å². The van der Waals surface area contributed by atoms with E-state index < -0.39 is 10.0 Å². The molecule has 0 bridgehead atoms. The van der Waals surface area contributed by atoms with Gasteiger partial charge in [-0.05, 0) is 41.6 Å². The summed E-state index contributed by atoms with van der Waals surface area (Å²) < 4.78 is 37.3. The summed E-state index contributed by atoms with van der Waals surface area (Å²) in [7, 11) is -3.82. The molecule has 168 valence electrons. The summed E-state index contributed by atoms with van der Waals surface area (Å²) in [5.41, 5.74) is 1.94. The van der Waals surface area contributed by atoms with Gasteiger partial charge in [0.2, 0.25) is 11.0 Å². The second-order valence-corrected chi connectivity index (χ2v) is 10.4. The van der Waals surface area contributed by atoms with E-state index in [4.69, 9.17) is 4.74 Å². The van der Waals surface area contributed by atoms with Crippen LogP contribution in [0.25, 0.3) is 11.1 Å². The zero-order valence-electron chi connectivity index (χ0n) is 17.4. The van der Waals surface area contributed by atoms with Gasteiger partial charge in [-0.25, -0.2) is 13.4 Å². The van der Waals surface area contributed by atoms with Gasteiger partial charge in [0.05, 0.1) is 24.5 Å². The van der Waals surface area contributed by atoms with Gasteiger partial charge in [-0.2, -0.15) is 4.37 Å². The number of thioether (sulfide) groups is 1. The minimum absolute atomic E-state index is 0.0300. The van der Waals surface area contributed by atoms with Crippen molar-refractivity contribution in [1.82, 2.24) is 14.3 Å². The Bertz CT molecular complexity index is 1170. The second kappa shape index (κ2) is 9.99. The van der Waals surface area contributed by atoms with Crippen molar-refractivity contribution in [2.24, 2.45) is 0 Å². The lowest BCUT2D eigenvalue weighted by Gasteiger charge is -2.26. The maximum Gasteiger partial charge on any atom is 0.263 e. The van der Waals surface area contributed by atoms with E-state index in [1.807, 2.05) is 30.5 Å². The van der Waals surface area contributed by atoms with E-state index >= 15 is 0 Å². The maximum atomic E-state index is 12.7. The predicted octanol–water partition coefficient (Wildman–Crippen LogP) is 3.13. The number of amides is 1. The molecule has 4 rings (SSSR count). The molecule has 1 saturated heterocycles. The number of carbonyl (C=O) groups is 1. The van der Waals surface area contributed by atoms with Crippen LogP contribution in [0.1, 0.15) is 5.82 Å². The van der Waals surface area contributed by atoms with E-state index in [1.54, 1.807) is 40.9 Å². The summed E-state index contributed by atoms with van der Waals surface area (Å²) in [5, 5.41) is 0.131. The lowest BCUT2D eigenvalue weighted by molar-refractivity contribution is -0.134. The monoisotopic (exact) mass is 490 g/mol. The summed E-state index contributed by atoms with van der Waals surface area (Å²) in [6.45, 7) is 2.12. The minimum Gasteiger partial charge on any atom is -0.378 e. The van der Waals surface area contributed by atoms with Crippen LogP contribution in [0.2, 0.25) is 0 Å². The highest BCUT2D eigenvalue weighted by Gasteiger charge is 2.21. The number of rotatable bonds is 7. The number of hydrogen-bond donors (Lipinski definition) is 1. The van der Waals surface area contributed by atoms with Gasteiger partial charge in [0.25, 0.3) is 10.0 Å². The lowest BCUT2D eigenvalue weighted by Crippen LogP contribution is -2.41. The van der Waals surface area contributed by atoms with Crippen molar-refractivity contribution in [3.8, 4) is 11.1 Å². The zero-order chi connectivity index (χ0) is 22.6. The summed E-state index contributed by atoms with van der Waals surface area (Å²) >= 11 is 2.58. The number of ether oxygens (including phenoxy) is 1.